The van der Waals surface area contributed by atoms with E-state index in [1.807, 2.05) is 32.0 Å². The molecule has 1 aromatic heterocycles. The highest BCUT2D eigenvalue weighted by Crippen LogP contribution is 2.30. The van der Waals surface area contributed by atoms with Gasteiger partial charge in [-0.25, -0.2) is 0 Å². The van der Waals surface area contributed by atoms with Gasteiger partial charge >= 0.3 is 0 Å². The lowest BCUT2D eigenvalue weighted by Crippen LogP contribution is -2.04. The first-order valence-corrected chi connectivity index (χ1v) is 5.82. The Labute approximate surface area is 106 Å². The molecule has 1 unspecified atom stereocenters. The van der Waals surface area contributed by atoms with E-state index in [-0.39, 0.29) is 0 Å². The fraction of sp³-hybridized carbons (Fsp3) is 0.214. The average Bonchev–Trinajstić information content (AvgIpc) is 2.32. The van der Waals surface area contributed by atoms with E-state index in [4.69, 9.17) is 11.6 Å². The topological polar surface area (TPSA) is 33.1 Å². The quantitative estimate of drug-likeness (QED) is 0.882. The summed E-state index contributed by atoms with van der Waals surface area (Å²) in [4.78, 5) is 3.92. The van der Waals surface area contributed by atoms with Crippen LogP contribution in [0, 0.1) is 13.8 Å². The Morgan fingerprint density at radius 2 is 1.94 bits per heavy atom. The first-order chi connectivity index (χ1) is 8.11. The van der Waals surface area contributed by atoms with Crippen molar-refractivity contribution >= 4 is 11.6 Å². The van der Waals surface area contributed by atoms with Crippen LogP contribution in [-0.4, -0.2) is 10.1 Å². The summed E-state index contributed by atoms with van der Waals surface area (Å²) in [6.45, 7) is 4.03. The minimum absolute atomic E-state index is 0.487. The second-order valence-electron chi connectivity index (χ2n) is 4.09. The SMILES string of the molecule is Cc1cccc(C(O)c2ccncc2Cl)c1C. The van der Waals surface area contributed by atoms with Gasteiger partial charge in [0.25, 0.3) is 0 Å². The van der Waals surface area contributed by atoms with E-state index in [0.717, 1.165) is 16.7 Å². The maximum absolute atomic E-state index is 10.4. The normalized spacial score (nSPS) is 12.5. The van der Waals surface area contributed by atoms with Crippen molar-refractivity contribution < 1.29 is 5.11 Å². The predicted octanol–water partition coefficient (Wildman–Crippen LogP) is 3.43. The zero-order valence-electron chi connectivity index (χ0n) is 9.81. The van der Waals surface area contributed by atoms with Crippen molar-refractivity contribution in [2.24, 2.45) is 0 Å². The van der Waals surface area contributed by atoms with Crippen molar-refractivity contribution in [1.82, 2.24) is 4.98 Å². The van der Waals surface area contributed by atoms with E-state index in [1.165, 1.54) is 0 Å². The van der Waals surface area contributed by atoms with Crippen LogP contribution in [0.1, 0.15) is 28.4 Å². The van der Waals surface area contributed by atoms with Gasteiger partial charge < -0.3 is 5.11 Å². The summed E-state index contributed by atoms with van der Waals surface area (Å²) >= 11 is 6.04. The summed E-state index contributed by atoms with van der Waals surface area (Å²) in [6.07, 6.45) is 2.48. The minimum atomic E-state index is -0.703. The van der Waals surface area contributed by atoms with Crippen molar-refractivity contribution in [3.05, 3.63) is 63.9 Å². The third-order valence-electron chi connectivity index (χ3n) is 3.04. The number of aliphatic hydroxyl groups is 1. The van der Waals surface area contributed by atoms with E-state index >= 15 is 0 Å². The van der Waals surface area contributed by atoms with Crippen LogP contribution in [0.15, 0.2) is 36.7 Å². The van der Waals surface area contributed by atoms with E-state index < -0.39 is 6.10 Å². The molecule has 0 saturated heterocycles. The van der Waals surface area contributed by atoms with Crippen LogP contribution in [0.4, 0.5) is 0 Å². The Kier molecular flexibility index (Phi) is 3.46. The number of aliphatic hydroxyl groups excluding tert-OH is 1. The van der Waals surface area contributed by atoms with Crippen molar-refractivity contribution in [3.63, 3.8) is 0 Å². The van der Waals surface area contributed by atoms with Crippen LogP contribution >= 0.6 is 11.6 Å². The number of pyridine rings is 1. The highest BCUT2D eigenvalue weighted by molar-refractivity contribution is 6.31. The number of hydrogen-bond donors (Lipinski definition) is 1. The lowest BCUT2D eigenvalue weighted by Gasteiger charge is -2.16. The molecule has 0 amide bonds. The number of halogens is 1. The Morgan fingerprint density at radius 1 is 1.18 bits per heavy atom. The number of hydrogen-bond acceptors (Lipinski definition) is 2. The lowest BCUT2D eigenvalue weighted by atomic mass is 9.95. The van der Waals surface area contributed by atoms with Gasteiger partial charge in [-0.05, 0) is 36.6 Å². The Balaban J connectivity index is 2.48. The van der Waals surface area contributed by atoms with Gasteiger partial charge in [-0.15, -0.1) is 0 Å². The molecule has 2 aromatic rings. The fourth-order valence-electron chi connectivity index (χ4n) is 1.85. The monoisotopic (exact) mass is 247 g/mol. The van der Waals surface area contributed by atoms with Crippen LogP contribution in [0.25, 0.3) is 0 Å². The molecule has 1 heterocycles. The van der Waals surface area contributed by atoms with Gasteiger partial charge in [0.1, 0.15) is 6.10 Å². The number of rotatable bonds is 2. The summed E-state index contributed by atoms with van der Waals surface area (Å²) in [5.41, 5.74) is 3.83. The van der Waals surface area contributed by atoms with Crippen molar-refractivity contribution in [3.8, 4) is 0 Å². The third kappa shape index (κ3) is 2.33. The molecule has 1 aromatic carbocycles. The largest absolute Gasteiger partial charge is 0.384 e. The number of benzene rings is 1. The van der Waals surface area contributed by atoms with Gasteiger partial charge in [-0.2, -0.15) is 0 Å². The predicted molar refractivity (Wildman–Crippen MR) is 69.2 cm³/mol. The summed E-state index contributed by atoms with van der Waals surface area (Å²) in [7, 11) is 0. The molecule has 0 aliphatic heterocycles. The second kappa shape index (κ2) is 4.86. The first-order valence-electron chi connectivity index (χ1n) is 5.45. The van der Waals surface area contributed by atoms with Crippen LogP contribution in [0.3, 0.4) is 0 Å². The van der Waals surface area contributed by atoms with Gasteiger partial charge in [0, 0.05) is 18.0 Å². The van der Waals surface area contributed by atoms with Crippen molar-refractivity contribution in [2.45, 2.75) is 20.0 Å². The molecule has 2 rings (SSSR count). The van der Waals surface area contributed by atoms with Crippen molar-refractivity contribution in [1.29, 1.82) is 0 Å². The first kappa shape index (κ1) is 12.1. The van der Waals surface area contributed by atoms with Gasteiger partial charge in [0.2, 0.25) is 0 Å². The molecule has 1 N–H and O–H groups in total. The standard InChI is InChI=1S/C14H14ClNO/c1-9-4-3-5-11(10(9)2)14(17)12-6-7-16-8-13(12)15/h3-8,14,17H,1-2H3. The second-order valence-corrected chi connectivity index (χ2v) is 4.50. The molecule has 2 nitrogen and oxygen atoms in total. The summed E-state index contributed by atoms with van der Waals surface area (Å²) in [6, 6.07) is 7.63. The molecule has 1 atom stereocenters. The number of aryl methyl sites for hydroxylation is 1. The Bertz CT molecular complexity index is 539. The lowest BCUT2D eigenvalue weighted by molar-refractivity contribution is 0.219. The molecule has 88 valence electrons. The fourth-order valence-corrected chi connectivity index (χ4v) is 2.07. The minimum Gasteiger partial charge on any atom is -0.384 e. The zero-order valence-corrected chi connectivity index (χ0v) is 10.6. The molecule has 17 heavy (non-hydrogen) atoms. The Hall–Kier alpha value is -1.38. The molecule has 0 saturated carbocycles. The van der Waals surface area contributed by atoms with Gasteiger partial charge in [-0.1, -0.05) is 29.8 Å². The molecule has 0 bridgehead atoms. The molecular weight excluding hydrogens is 234 g/mol. The van der Waals surface area contributed by atoms with E-state index in [2.05, 4.69) is 4.98 Å². The van der Waals surface area contributed by atoms with Gasteiger partial charge in [0.15, 0.2) is 0 Å². The van der Waals surface area contributed by atoms with Crippen LogP contribution in [0.5, 0.6) is 0 Å². The molecule has 0 aliphatic rings. The highest BCUT2D eigenvalue weighted by Gasteiger charge is 2.16. The van der Waals surface area contributed by atoms with Crippen molar-refractivity contribution in [2.75, 3.05) is 0 Å². The molecule has 0 radical (unpaired) electrons. The van der Waals surface area contributed by atoms with E-state index in [0.29, 0.717) is 10.6 Å². The van der Waals surface area contributed by atoms with Crippen LogP contribution in [0.2, 0.25) is 5.02 Å². The van der Waals surface area contributed by atoms with E-state index in [1.54, 1.807) is 18.5 Å². The molecule has 3 heteroatoms. The Morgan fingerprint density at radius 3 is 2.65 bits per heavy atom. The van der Waals surface area contributed by atoms with E-state index in [9.17, 15) is 5.11 Å². The smallest absolute Gasteiger partial charge is 0.106 e. The maximum atomic E-state index is 10.4. The van der Waals surface area contributed by atoms with Crippen LogP contribution in [-0.2, 0) is 0 Å². The molecular formula is C14H14ClNO. The third-order valence-corrected chi connectivity index (χ3v) is 3.36. The summed E-state index contributed by atoms with van der Waals surface area (Å²) < 4.78 is 0. The zero-order chi connectivity index (χ0) is 12.4. The van der Waals surface area contributed by atoms with Gasteiger partial charge in [0.05, 0.1) is 5.02 Å². The number of nitrogens with zero attached hydrogens (tertiary/aromatic N) is 1. The maximum Gasteiger partial charge on any atom is 0.106 e. The summed E-state index contributed by atoms with van der Waals surface area (Å²) in [5, 5.41) is 10.9. The molecule has 0 spiro atoms. The molecule has 0 aliphatic carbocycles. The highest BCUT2D eigenvalue weighted by atomic mass is 35.5. The molecule has 0 fully saturated rings. The average molecular weight is 248 g/mol. The van der Waals surface area contributed by atoms with Crippen LogP contribution < -0.4 is 0 Å². The van der Waals surface area contributed by atoms with Gasteiger partial charge in [-0.3, -0.25) is 4.98 Å². The summed E-state index contributed by atoms with van der Waals surface area (Å²) in [5.74, 6) is 0. The number of aromatic nitrogens is 1.